The molecule has 0 aromatic carbocycles. The molecule has 2 nitrogen and oxygen atoms in total. The van der Waals surface area contributed by atoms with Crippen LogP contribution < -0.4 is 5.56 Å². The van der Waals surface area contributed by atoms with Crippen LogP contribution in [0.15, 0.2) is 15.5 Å². The number of pyridine rings is 1. The van der Waals surface area contributed by atoms with E-state index in [9.17, 15) is 18.0 Å². The highest BCUT2D eigenvalue weighted by molar-refractivity contribution is 9.10. The second kappa shape index (κ2) is 3.30. The Morgan fingerprint density at radius 2 is 2.08 bits per heavy atom. The van der Waals surface area contributed by atoms with Gasteiger partial charge in [-0.05, 0) is 22.0 Å². The van der Waals surface area contributed by atoms with Crippen LogP contribution in [-0.4, -0.2) is 4.98 Å². The summed E-state index contributed by atoms with van der Waals surface area (Å²) in [5.41, 5.74) is -2.05. The third-order valence-electron chi connectivity index (χ3n) is 1.20. The van der Waals surface area contributed by atoms with E-state index in [1.807, 2.05) is 4.98 Å². The van der Waals surface area contributed by atoms with Crippen LogP contribution in [0.4, 0.5) is 13.2 Å². The largest absolute Gasteiger partial charge is 0.314 e. The van der Waals surface area contributed by atoms with Crippen molar-refractivity contribution in [3.05, 3.63) is 32.4 Å². The summed E-state index contributed by atoms with van der Waals surface area (Å²) in [6.45, 7) is 0. The number of aromatic nitrogens is 1. The van der Waals surface area contributed by atoms with Crippen molar-refractivity contribution in [3.8, 4) is 0 Å². The summed E-state index contributed by atoms with van der Waals surface area (Å²) in [5.74, 6) is -1.44. The van der Waals surface area contributed by atoms with E-state index >= 15 is 0 Å². The third kappa shape index (κ3) is 1.69. The lowest BCUT2D eigenvalue weighted by molar-refractivity contribution is 0.145. The SMILES string of the molecule is O=c1[nH]c(Br)cc(C(F)F)c1F. The predicted octanol–water partition coefficient (Wildman–Crippen LogP) is 2.21. The van der Waals surface area contributed by atoms with Gasteiger partial charge in [-0.1, -0.05) is 0 Å². The van der Waals surface area contributed by atoms with Gasteiger partial charge in [-0.25, -0.2) is 13.2 Å². The molecule has 66 valence electrons. The summed E-state index contributed by atoms with van der Waals surface area (Å²) >= 11 is 2.76. The molecule has 1 N–H and O–H groups in total. The lowest BCUT2D eigenvalue weighted by Crippen LogP contribution is -2.13. The van der Waals surface area contributed by atoms with Gasteiger partial charge < -0.3 is 4.98 Å². The van der Waals surface area contributed by atoms with E-state index in [4.69, 9.17) is 0 Å². The summed E-state index contributed by atoms with van der Waals surface area (Å²) in [4.78, 5) is 12.6. The zero-order valence-corrected chi connectivity index (χ0v) is 7.16. The van der Waals surface area contributed by atoms with Crippen molar-refractivity contribution in [1.82, 2.24) is 4.98 Å². The Morgan fingerprint density at radius 3 is 2.58 bits per heavy atom. The van der Waals surface area contributed by atoms with Gasteiger partial charge in [0.15, 0.2) is 5.82 Å². The molecule has 0 spiro atoms. The molecule has 0 amide bonds. The van der Waals surface area contributed by atoms with Gasteiger partial charge in [0.2, 0.25) is 0 Å². The lowest BCUT2D eigenvalue weighted by atomic mass is 10.3. The summed E-state index contributed by atoms with van der Waals surface area (Å²) in [7, 11) is 0. The molecule has 1 rings (SSSR count). The number of aromatic amines is 1. The van der Waals surface area contributed by atoms with E-state index in [0.29, 0.717) is 0 Å². The normalized spacial score (nSPS) is 10.8. The Hall–Kier alpha value is -0.780. The number of rotatable bonds is 1. The predicted molar refractivity (Wildman–Crippen MR) is 39.7 cm³/mol. The average Bonchev–Trinajstić information content (AvgIpc) is 1.96. The highest BCUT2D eigenvalue weighted by Gasteiger charge is 2.16. The van der Waals surface area contributed by atoms with Crippen molar-refractivity contribution in [2.75, 3.05) is 0 Å². The Labute approximate surface area is 73.5 Å². The fraction of sp³-hybridized carbons (Fsp3) is 0.167. The minimum atomic E-state index is -2.98. The minimum Gasteiger partial charge on any atom is -0.314 e. The van der Waals surface area contributed by atoms with Crippen LogP contribution in [0.3, 0.4) is 0 Å². The topological polar surface area (TPSA) is 32.9 Å². The summed E-state index contributed by atoms with van der Waals surface area (Å²) in [5, 5.41) is 0. The lowest BCUT2D eigenvalue weighted by Gasteiger charge is -2.00. The van der Waals surface area contributed by atoms with Gasteiger partial charge in [0, 0.05) is 0 Å². The number of H-pyrrole nitrogens is 1. The maximum Gasteiger partial charge on any atom is 0.285 e. The molecule has 0 aliphatic carbocycles. The van der Waals surface area contributed by atoms with Gasteiger partial charge in [-0.3, -0.25) is 4.79 Å². The highest BCUT2D eigenvalue weighted by Crippen LogP contribution is 2.21. The average molecular weight is 242 g/mol. The molecule has 0 saturated carbocycles. The quantitative estimate of drug-likeness (QED) is 0.752. The number of nitrogens with one attached hydrogen (secondary N) is 1. The Morgan fingerprint density at radius 1 is 1.50 bits per heavy atom. The second-order valence-corrected chi connectivity index (χ2v) is 2.87. The summed E-state index contributed by atoms with van der Waals surface area (Å²) in [6.07, 6.45) is -2.98. The van der Waals surface area contributed by atoms with Crippen molar-refractivity contribution < 1.29 is 13.2 Å². The van der Waals surface area contributed by atoms with E-state index in [0.717, 1.165) is 6.07 Å². The van der Waals surface area contributed by atoms with Crippen LogP contribution in [0, 0.1) is 5.82 Å². The van der Waals surface area contributed by atoms with E-state index in [1.54, 1.807) is 0 Å². The van der Waals surface area contributed by atoms with Crippen LogP contribution in [0.2, 0.25) is 0 Å². The van der Waals surface area contributed by atoms with Crippen LogP contribution in [0.5, 0.6) is 0 Å². The zero-order valence-electron chi connectivity index (χ0n) is 5.57. The molecule has 0 atom stereocenters. The van der Waals surface area contributed by atoms with Gasteiger partial charge in [-0.15, -0.1) is 0 Å². The van der Waals surface area contributed by atoms with Gasteiger partial charge in [0.25, 0.3) is 12.0 Å². The molecule has 0 unspecified atom stereocenters. The van der Waals surface area contributed by atoms with E-state index in [2.05, 4.69) is 15.9 Å². The molecule has 1 heterocycles. The standard InChI is InChI=1S/C6H3BrF3NO/c7-3-1-2(5(9)10)4(8)6(12)11-3/h1,5H,(H,11,12). The first-order valence-electron chi connectivity index (χ1n) is 2.88. The number of hydrogen-bond acceptors (Lipinski definition) is 1. The van der Waals surface area contributed by atoms with Crippen molar-refractivity contribution >= 4 is 15.9 Å². The Kier molecular flexibility index (Phi) is 2.56. The molecular weight excluding hydrogens is 239 g/mol. The summed E-state index contributed by atoms with van der Waals surface area (Å²) in [6, 6.07) is 0.835. The fourth-order valence-electron chi connectivity index (χ4n) is 0.689. The molecule has 1 aromatic rings. The molecular formula is C6H3BrF3NO. The first-order chi connectivity index (χ1) is 5.52. The van der Waals surface area contributed by atoms with E-state index < -0.39 is 23.4 Å². The van der Waals surface area contributed by atoms with Crippen LogP contribution in [0.1, 0.15) is 12.0 Å². The first-order valence-corrected chi connectivity index (χ1v) is 3.68. The van der Waals surface area contributed by atoms with Gasteiger partial charge in [-0.2, -0.15) is 0 Å². The maximum absolute atomic E-state index is 12.6. The monoisotopic (exact) mass is 241 g/mol. The zero-order chi connectivity index (χ0) is 9.30. The summed E-state index contributed by atoms with van der Waals surface area (Å²) < 4.78 is 36.6. The van der Waals surface area contributed by atoms with Crippen molar-refractivity contribution in [1.29, 1.82) is 0 Å². The van der Waals surface area contributed by atoms with Crippen molar-refractivity contribution in [3.63, 3.8) is 0 Å². The second-order valence-electron chi connectivity index (χ2n) is 2.02. The van der Waals surface area contributed by atoms with Gasteiger partial charge in [0.1, 0.15) is 0 Å². The fourth-order valence-corrected chi connectivity index (χ4v) is 1.12. The number of halogens is 4. The van der Waals surface area contributed by atoms with Gasteiger partial charge in [0.05, 0.1) is 10.2 Å². The Bertz CT molecular complexity index is 349. The molecule has 0 aliphatic heterocycles. The van der Waals surface area contributed by atoms with Gasteiger partial charge >= 0.3 is 0 Å². The smallest absolute Gasteiger partial charge is 0.285 e. The van der Waals surface area contributed by atoms with E-state index in [-0.39, 0.29) is 4.60 Å². The molecule has 12 heavy (non-hydrogen) atoms. The molecule has 1 aromatic heterocycles. The third-order valence-corrected chi connectivity index (χ3v) is 1.63. The maximum atomic E-state index is 12.6. The van der Waals surface area contributed by atoms with Crippen molar-refractivity contribution in [2.45, 2.75) is 6.43 Å². The first kappa shape index (κ1) is 9.31. The number of alkyl halides is 2. The molecule has 0 aliphatic rings. The molecule has 0 fully saturated rings. The minimum absolute atomic E-state index is 0.0317. The van der Waals surface area contributed by atoms with Crippen LogP contribution in [0.25, 0.3) is 0 Å². The molecule has 6 heteroatoms. The van der Waals surface area contributed by atoms with Crippen LogP contribution in [-0.2, 0) is 0 Å². The molecule has 0 radical (unpaired) electrons. The molecule has 0 bridgehead atoms. The van der Waals surface area contributed by atoms with Crippen molar-refractivity contribution in [2.24, 2.45) is 0 Å². The van der Waals surface area contributed by atoms with E-state index in [1.165, 1.54) is 0 Å². The van der Waals surface area contributed by atoms with Crippen LogP contribution >= 0.6 is 15.9 Å². The highest BCUT2D eigenvalue weighted by atomic mass is 79.9. The molecule has 0 saturated heterocycles. The Balaban J connectivity index is 3.38. The number of hydrogen-bond donors (Lipinski definition) is 1.